The van der Waals surface area contributed by atoms with Gasteiger partial charge < -0.3 is 14.2 Å². The van der Waals surface area contributed by atoms with Crippen molar-refractivity contribution in [3.05, 3.63) is 78.4 Å². The van der Waals surface area contributed by atoms with Crippen LogP contribution in [0.1, 0.15) is 5.56 Å². The predicted octanol–water partition coefficient (Wildman–Crippen LogP) is 4.69. The number of nitrogens with zero attached hydrogens (tertiary/aromatic N) is 1. The van der Waals surface area contributed by atoms with Crippen molar-refractivity contribution < 1.29 is 14.2 Å². The summed E-state index contributed by atoms with van der Waals surface area (Å²) in [6.07, 6.45) is 0. The molecule has 0 atom stereocenters. The SMILES string of the molecule is COc1ccc(OCCOc2ccc(-c3ccc(C#N)cc3)cc2)cc1. The zero-order valence-corrected chi connectivity index (χ0v) is 14.5. The molecule has 0 heterocycles. The van der Waals surface area contributed by atoms with Crippen LogP contribution in [0.2, 0.25) is 0 Å². The summed E-state index contributed by atoms with van der Waals surface area (Å²) in [6.45, 7) is 0.923. The first kappa shape index (κ1) is 17.4. The van der Waals surface area contributed by atoms with E-state index in [-0.39, 0.29) is 0 Å². The molecule has 0 bridgehead atoms. The van der Waals surface area contributed by atoms with E-state index < -0.39 is 0 Å². The lowest BCUT2D eigenvalue weighted by molar-refractivity contribution is 0.217. The first-order valence-corrected chi connectivity index (χ1v) is 8.29. The average molecular weight is 345 g/mol. The molecule has 0 saturated heterocycles. The first-order valence-electron chi connectivity index (χ1n) is 8.29. The van der Waals surface area contributed by atoms with Crippen LogP contribution in [-0.2, 0) is 0 Å². The Hall–Kier alpha value is -3.45. The number of methoxy groups -OCH3 is 1. The summed E-state index contributed by atoms with van der Waals surface area (Å²) >= 11 is 0. The van der Waals surface area contributed by atoms with Crippen LogP contribution < -0.4 is 14.2 Å². The third kappa shape index (κ3) is 4.55. The predicted molar refractivity (Wildman–Crippen MR) is 101 cm³/mol. The van der Waals surface area contributed by atoms with Crippen LogP contribution in [0.25, 0.3) is 11.1 Å². The van der Waals surface area contributed by atoms with Gasteiger partial charge in [0, 0.05) is 0 Å². The molecule has 0 aromatic heterocycles. The van der Waals surface area contributed by atoms with Crippen LogP contribution in [0.5, 0.6) is 17.2 Å². The lowest BCUT2D eigenvalue weighted by atomic mass is 10.0. The molecule has 0 saturated carbocycles. The van der Waals surface area contributed by atoms with Crippen LogP contribution in [0.15, 0.2) is 72.8 Å². The van der Waals surface area contributed by atoms with Crippen molar-refractivity contribution in [2.24, 2.45) is 0 Å². The third-order valence-electron chi connectivity index (χ3n) is 3.88. The molecule has 0 aliphatic carbocycles. The maximum atomic E-state index is 8.85. The Labute approximate surface area is 153 Å². The van der Waals surface area contributed by atoms with E-state index in [4.69, 9.17) is 19.5 Å². The van der Waals surface area contributed by atoms with E-state index in [1.165, 1.54) is 0 Å². The summed E-state index contributed by atoms with van der Waals surface area (Å²) in [4.78, 5) is 0. The van der Waals surface area contributed by atoms with Crippen molar-refractivity contribution in [1.29, 1.82) is 5.26 Å². The van der Waals surface area contributed by atoms with Crippen molar-refractivity contribution >= 4 is 0 Å². The summed E-state index contributed by atoms with van der Waals surface area (Å²) < 4.78 is 16.5. The quantitative estimate of drug-likeness (QED) is 0.583. The Bertz CT molecular complexity index is 863. The molecule has 4 heteroatoms. The fourth-order valence-electron chi connectivity index (χ4n) is 2.47. The highest BCUT2D eigenvalue weighted by molar-refractivity contribution is 5.64. The zero-order valence-electron chi connectivity index (χ0n) is 14.5. The van der Waals surface area contributed by atoms with Gasteiger partial charge in [-0.15, -0.1) is 0 Å². The lowest BCUT2D eigenvalue weighted by Crippen LogP contribution is -2.08. The maximum absolute atomic E-state index is 8.85. The molecule has 130 valence electrons. The highest BCUT2D eigenvalue weighted by atomic mass is 16.5. The maximum Gasteiger partial charge on any atom is 0.122 e. The van der Waals surface area contributed by atoms with Crippen molar-refractivity contribution in [2.75, 3.05) is 20.3 Å². The van der Waals surface area contributed by atoms with E-state index in [1.807, 2.05) is 72.8 Å². The Kier molecular flexibility index (Phi) is 5.74. The highest BCUT2D eigenvalue weighted by Crippen LogP contribution is 2.23. The molecule has 0 unspecified atom stereocenters. The molecular weight excluding hydrogens is 326 g/mol. The zero-order chi connectivity index (χ0) is 18.2. The lowest BCUT2D eigenvalue weighted by Gasteiger charge is -2.09. The second-order valence-corrected chi connectivity index (χ2v) is 5.59. The second-order valence-electron chi connectivity index (χ2n) is 5.59. The molecule has 4 nitrogen and oxygen atoms in total. The fraction of sp³-hybridized carbons (Fsp3) is 0.136. The van der Waals surface area contributed by atoms with Gasteiger partial charge in [-0.2, -0.15) is 5.26 Å². The Morgan fingerprint density at radius 3 is 1.54 bits per heavy atom. The average Bonchev–Trinajstić information content (AvgIpc) is 2.72. The van der Waals surface area contributed by atoms with Gasteiger partial charge in [-0.3, -0.25) is 0 Å². The second kappa shape index (κ2) is 8.59. The molecular formula is C22H19NO3. The van der Waals surface area contributed by atoms with Crippen molar-refractivity contribution in [2.45, 2.75) is 0 Å². The fourth-order valence-corrected chi connectivity index (χ4v) is 2.47. The molecule has 0 radical (unpaired) electrons. The Balaban J connectivity index is 1.48. The van der Waals surface area contributed by atoms with Gasteiger partial charge in [0.05, 0.1) is 18.7 Å². The summed E-state index contributed by atoms with van der Waals surface area (Å²) in [5, 5.41) is 8.85. The molecule has 0 amide bonds. The summed E-state index contributed by atoms with van der Waals surface area (Å²) in [5.41, 5.74) is 2.81. The van der Waals surface area contributed by atoms with Gasteiger partial charge in [0.1, 0.15) is 30.5 Å². The molecule has 3 aromatic carbocycles. The van der Waals surface area contributed by atoms with E-state index in [0.29, 0.717) is 18.8 Å². The van der Waals surface area contributed by atoms with Crippen LogP contribution >= 0.6 is 0 Å². The normalized spacial score (nSPS) is 10.0. The molecule has 0 aliphatic heterocycles. The molecule has 26 heavy (non-hydrogen) atoms. The largest absolute Gasteiger partial charge is 0.497 e. The number of hydrogen-bond acceptors (Lipinski definition) is 4. The molecule has 0 aliphatic rings. The minimum Gasteiger partial charge on any atom is -0.497 e. The molecule has 0 fully saturated rings. The number of hydrogen-bond donors (Lipinski definition) is 0. The van der Waals surface area contributed by atoms with Gasteiger partial charge in [0.15, 0.2) is 0 Å². The van der Waals surface area contributed by atoms with Gasteiger partial charge in [0.25, 0.3) is 0 Å². The monoisotopic (exact) mass is 345 g/mol. The summed E-state index contributed by atoms with van der Waals surface area (Å²) in [7, 11) is 1.64. The van der Waals surface area contributed by atoms with Crippen molar-refractivity contribution in [1.82, 2.24) is 0 Å². The third-order valence-corrected chi connectivity index (χ3v) is 3.88. The smallest absolute Gasteiger partial charge is 0.122 e. The minimum atomic E-state index is 0.461. The first-order chi connectivity index (χ1) is 12.8. The Morgan fingerprint density at radius 1 is 0.654 bits per heavy atom. The molecule has 0 N–H and O–H groups in total. The van der Waals surface area contributed by atoms with E-state index in [1.54, 1.807) is 7.11 Å². The highest BCUT2D eigenvalue weighted by Gasteiger charge is 2.00. The topological polar surface area (TPSA) is 51.5 Å². The molecule has 0 spiro atoms. The number of rotatable bonds is 7. The van der Waals surface area contributed by atoms with Gasteiger partial charge >= 0.3 is 0 Å². The van der Waals surface area contributed by atoms with Crippen molar-refractivity contribution in [3.63, 3.8) is 0 Å². The van der Waals surface area contributed by atoms with Crippen molar-refractivity contribution in [3.8, 4) is 34.4 Å². The number of ether oxygens (including phenoxy) is 3. The summed E-state index contributed by atoms with van der Waals surface area (Å²) in [5.74, 6) is 2.38. The van der Waals surface area contributed by atoms with Gasteiger partial charge in [0.2, 0.25) is 0 Å². The summed E-state index contributed by atoms with van der Waals surface area (Å²) in [6, 6.07) is 25.0. The van der Waals surface area contributed by atoms with E-state index >= 15 is 0 Å². The van der Waals surface area contributed by atoms with Crippen LogP contribution in [0.4, 0.5) is 0 Å². The Morgan fingerprint density at radius 2 is 1.08 bits per heavy atom. The van der Waals surface area contributed by atoms with Crippen LogP contribution in [-0.4, -0.2) is 20.3 Å². The standard InChI is InChI=1S/C22H19NO3/c1-24-20-10-12-22(13-11-20)26-15-14-25-21-8-6-19(7-9-21)18-4-2-17(16-23)3-5-18/h2-13H,14-15H2,1H3. The minimum absolute atomic E-state index is 0.461. The van der Waals surface area contributed by atoms with Gasteiger partial charge in [-0.05, 0) is 59.7 Å². The van der Waals surface area contributed by atoms with Gasteiger partial charge in [-0.1, -0.05) is 24.3 Å². The molecule has 3 rings (SSSR count). The van der Waals surface area contributed by atoms with E-state index in [2.05, 4.69) is 6.07 Å². The number of nitriles is 1. The van der Waals surface area contributed by atoms with E-state index in [0.717, 1.165) is 28.4 Å². The van der Waals surface area contributed by atoms with Crippen LogP contribution in [0.3, 0.4) is 0 Å². The van der Waals surface area contributed by atoms with E-state index in [9.17, 15) is 0 Å². The van der Waals surface area contributed by atoms with Gasteiger partial charge in [-0.25, -0.2) is 0 Å². The number of benzene rings is 3. The van der Waals surface area contributed by atoms with Crippen LogP contribution in [0, 0.1) is 11.3 Å². The molecule has 3 aromatic rings.